The van der Waals surface area contributed by atoms with Crippen molar-refractivity contribution in [1.29, 1.82) is 0 Å². The Balaban J connectivity index is 2.33. The van der Waals surface area contributed by atoms with E-state index in [0.717, 1.165) is 0 Å². The molecule has 1 aromatic carbocycles. The quantitative estimate of drug-likeness (QED) is 0.712. The van der Waals surface area contributed by atoms with Gasteiger partial charge in [-0.05, 0) is 31.0 Å². The number of benzene rings is 1. The van der Waals surface area contributed by atoms with Crippen LogP contribution in [0.15, 0.2) is 23.1 Å². The number of hydrogen-bond acceptors (Lipinski definition) is 4. The first kappa shape index (κ1) is 18.7. The first-order valence-corrected chi connectivity index (χ1v) is 9.35. The molecular formula is C15H19ClN2O5S. The summed E-state index contributed by atoms with van der Waals surface area (Å²) in [6.45, 7) is 4.00. The minimum atomic E-state index is -3.79. The van der Waals surface area contributed by atoms with Crippen LogP contribution in [-0.4, -0.2) is 42.8 Å². The number of carboxylic acid groups (broad SMARTS) is 1. The molecule has 0 unspecified atom stereocenters. The summed E-state index contributed by atoms with van der Waals surface area (Å²) >= 11 is 6.02. The SMILES string of the molecule is CCN(CC)S(=O)(=O)c1cc(NC(=O)C2(C(=O)O)CC2)ccc1Cl. The zero-order chi connectivity index (χ0) is 18.1. The highest BCUT2D eigenvalue weighted by Gasteiger charge is 2.57. The van der Waals surface area contributed by atoms with Crippen molar-refractivity contribution in [3.63, 3.8) is 0 Å². The molecule has 0 bridgehead atoms. The van der Waals surface area contributed by atoms with Crippen molar-refractivity contribution in [2.75, 3.05) is 18.4 Å². The van der Waals surface area contributed by atoms with Gasteiger partial charge in [-0.3, -0.25) is 9.59 Å². The Morgan fingerprint density at radius 3 is 2.33 bits per heavy atom. The van der Waals surface area contributed by atoms with Crippen LogP contribution >= 0.6 is 11.6 Å². The molecule has 1 aliphatic carbocycles. The van der Waals surface area contributed by atoms with Crippen LogP contribution in [0.5, 0.6) is 0 Å². The third kappa shape index (κ3) is 3.26. The number of rotatable bonds is 7. The number of nitrogens with one attached hydrogen (secondary N) is 1. The molecule has 0 atom stereocenters. The molecule has 0 aromatic heterocycles. The molecule has 9 heteroatoms. The van der Waals surface area contributed by atoms with Crippen LogP contribution < -0.4 is 5.32 Å². The third-order valence-corrected chi connectivity index (χ3v) is 6.64. The second kappa shape index (κ2) is 6.70. The van der Waals surface area contributed by atoms with E-state index >= 15 is 0 Å². The highest BCUT2D eigenvalue weighted by molar-refractivity contribution is 7.89. The van der Waals surface area contributed by atoms with Gasteiger partial charge in [0, 0.05) is 18.8 Å². The normalized spacial score (nSPS) is 16.0. The van der Waals surface area contributed by atoms with Crippen LogP contribution in [0.2, 0.25) is 5.02 Å². The summed E-state index contributed by atoms with van der Waals surface area (Å²) in [6.07, 6.45) is 0.540. The van der Waals surface area contributed by atoms with Gasteiger partial charge in [0.25, 0.3) is 0 Å². The summed E-state index contributed by atoms with van der Waals surface area (Å²) in [6, 6.07) is 4.07. The van der Waals surface area contributed by atoms with Crippen molar-refractivity contribution >= 4 is 39.2 Å². The zero-order valence-corrected chi connectivity index (χ0v) is 14.9. The van der Waals surface area contributed by atoms with Crippen molar-refractivity contribution in [3.8, 4) is 0 Å². The average molecular weight is 375 g/mol. The van der Waals surface area contributed by atoms with Crippen LogP contribution in [0.3, 0.4) is 0 Å². The fourth-order valence-electron chi connectivity index (χ4n) is 2.40. The van der Waals surface area contributed by atoms with Crippen molar-refractivity contribution in [2.45, 2.75) is 31.6 Å². The van der Waals surface area contributed by atoms with Crippen molar-refractivity contribution < 1.29 is 23.1 Å². The molecule has 0 aliphatic heterocycles. The smallest absolute Gasteiger partial charge is 0.319 e. The van der Waals surface area contributed by atoms with Crippen molar-refractivity contribution in [1.82, 2.24) is 4.31 Å². The summed E-state index contributed by atoms with van der Waals surface area (Å²) in [4.78, 5) is 23.2. The zero-order valence-electron chi connectivity index (χ0n) is 13.4. The molecule has 7 nitrogen and oxygen atoms in total. The lowest BCUT2D eigenvalue weighted by Crippen LogP contribution is -2.32. The Bertz CT molecular complexity index is 770. The summed E-state index contributed by atoms with van der Waals surface area (Å²) in [5.41, 5.74) is -1.21. The Labute approximate surface area is 145 Å². The summed E-state index contributed by atoms with van der Waals surface area (Å²) in [5, 5.41) is 11.7. The number of anilines is 1. The molecule has 1 amide bonds. The van der Waals surface area contributed by atoms with Crippen LogP contribution in [0.25, 0.3) is 0 Å². The summed E-state index contributed by atoms with van der Waals surface area (Å²) in [5.74, 6) is -1.83. The lowest BCUT2D eigenvalue weighted by atomic mass is 10.1. The minimum Gasteiger partial charge on any atom is -0.480 e. The summed E-state index contributed by atoms with van der Waals surface area (Å²) < 4.78 is 26.5. The van der Waals surface area contributed by atoms with E-state index in [-0.39, 0.29) is 41.5 Å². The molecule has 2 rings (SSSR count). The Kier molecular flexibility index (Phi) is 5.22. The third-order valence-electron chi connectivity index (χ3n) is 4.11. The van der Waals surface area contributed by atoms with Gasteiger partial charge in [-0.1, -0.05) is 25.4 Å². The maximum atomic E-state index is 12.6. The highest BCUT2D eigenvalue weighted by atomic mass is 35.5. The Hall–Kier alpha value is -1.64. The molecule has 1 aliphatic rings. The summed E-state index contributed by atoms with van der Waals surface area (Å²) in [7, 11) is -3.79. The molecule has 24 heavy (non-hydrogen) atoms. The molecule has 0 radical (unpaired) electrons. The van der Waals surface area contributed by atoms with Gasteiger partial charge < -0.3 is 10.4 Å². The fraction of sp³-hybridized carbons (Fsp3) is 0.467. The lowest BCUT2D eigenvalue weighted by Gasteiger charge is -2.20. The van der Waals surface area contributed by atoms with Crippen molar-refractivity contribution in [2.24, 2.45) is 5.41 Å². The van der Waals surface area contributed by atoms with E-state index in [1.807, 2.05) is 0 Å². The molecule has 1 aromatic rings. The molecular weight excluding hydrogens is 356 g/mol. The number of aliphatic carboxylic acids is 1. The van der Waals surface area contributed by atoms with E-state index in [9.17, 15) is 18.0 Å². The number of carboxylic acids is 1. The monoisotopic (exact) mass is 374 g/mol. The first-order chi connectivity index (χ1) is 11.2. The highest BCUT2D eigenvalue weighted by Crippen LogP contribution is 2.46. The number of nitrogens with zero attached hydrogens (tertiary/aromatic N) is 1. The second-order valence-electron chi connectivity index (χ2n) is 5.58. The van der Waals surface area contributed by atoms with Gasteiger partial charge in [-0.15, -0.1) is 0 Å². The lowest BCUT2D eigenvalue weighted by molar-refractivity contribution is -0.147. The molecule has 0 saturated heterocycles. The Morgan fingerprint density at radius 2 is 1.88 bits per heavy atom. The number of sulfonamides is 1. The van der Waals surface area contributed by atoms with Gasteiger partial charge in [0.2, 0.25) is 15.9 Å². The van der Waals surface area contributed by atoms with Crippen LogP contribution in [-0.2, 0) is 19.6 Å². The van der Waals surface area contributed by atoms with E-state index in [0.29, 0.717) is 0 Å². The second-order valence-corrected chi connectivity index (χ2v) is 7.89. The number of amides is 1. The first-order valence-electron chi connectivity index (χ1n) is 7.53. The van der Waals surface area contributed by atoms with E-state index < -0.39 is 27.3 Å². The van der Waals surface area contributed by atoms with Gasteiger partial charge in [0.1, 0.15) is 10.3 Å². The largest absolute Gasteiger partial charge is 0.480 e. The number of carbonyl (C=O) groups is 2. The van der Waals surface area contributed by atoms with Gasteiger partial charge >= 0.3 is 5.97 Å². The van der Waals surface area contributed by atoms with Crippen molar-refractivity contribution in [3.05, 3.63) is 23.2 Å². The van der Waals surface area contributed by atoms with Gasteiger partial charge in [0.15, 0.2) is 0 Å². The molecule has 132 valence electrons. The maximum absolute atomic E-state index is 12.6. The molecule has 1 saturated carbocycles. The predicted octanol–water partition coefficient (Wildman–Crippen LogP) is 2.17. The molecule has 1 fully saturated rings. The number of carbonyl (C=O) groups excluding carboxylic acids is 1. The molecule has 2 N–H and O–H groups in total. The van der Waals surface area contributed by atoms with Gasteiger partial charge in [-0.2, -0.15) is 4.31 Å². The topological polar surface area (TPSA) is 104 Å². The molecule has 0 heterocycles. The average Bonchev–Trinajstić information content (AvgIpc) is 3.31. The standard InChI is InChI=1S/C15H19ClN2O5S/c1-3-18(4-2)24(22,23)12-9-10(5-6-11(12)16)17-13(19)15(7-8-15)14(20)21/h5-6,9H,3-4,7-8H2,1-2H3,(H,17,19)(H,20,21). The minimum absolute atomic E-state index is 0.0410. The predicted molar refractivity (Wildman–Crippen MR) is 89.5 cm³/mol. The van der Waals surface area contributed by atoms with Crippen LogP contribution in [0.4, 0.5) is 5.69 Å². The van der Waals surface area contributed by atoms with E-state index in [1.54, 1.807) is 13.8 Å². The molecule has 0 spiro atoms. The van der Waals surface area contributed by atoms with E-state index in [4.69, 9.17) is 16.7 Å². The number of hydrogen-bond donors (Lipinski definition) is 2. The maximum Gasteiger partial charge on any atom is 0.319 e. The van der Waals surface area contributed by atoms with Crippen LogP contribution in [0, 0.1) is 5.41 Å². The number of halogens is 1. The van der Waals surface area contributed by atoms with E-state index in [1.165, 1.54) is 22.5 Å². The van der Waals surface area contributed by atoms with Gasteiger partial charge in [-0.25, -0.2) is 8.42 Å². The Morgan fingerprint density at radius 1 is 1.29 bits per heavy atom. The van der Waals surface area contributed by atoms with Gasteiger partial charge in [0.05, 0.1) is 5.02 Å². The van der Waals surface area contributed by atoms with Crippen LogP contribution in [0.1, 0.15) is 26.7 Å². The van der Waals surface area contributed by atoms with E-state index in [2.05, 4.69) is 5.32 Å². The fourth-order valence-corrected chi connectivity index (χ4v) is 4.35.